The molecule has 0 radical (unpaired) electrons. The molecule has 0 saturated heterocycles. The molecule has 23 heavy (non-hydrogen) atoms. The van der Waals surface area contributed by atoms with Crippen LogP contribution in [0.15, 0.2) is 42.6 Å². The predicted octanol–water partition coefficient (Wildman–Crippen LogP) is 5.32. The van der Waals surface area contributed by atoms with Crippen LogP contribution in [0, 0.1) is 0 Å². The number of hydrogen-bond acceptors (Lipinski definition) is 3. The molecule has 124 valence electrons. The van der Waals surface area contributed by atoms with Crippen molar-refractivity contribution in [3.05, 3.63) is 53.3 Å². The molecule has 4 heteroatoms. The van der Waals surface area contributed by atoms with E-state index >= 15 is 0 Å². The second kappa shape index (κ2) is 10.1. The van der Waals surface area contributed by atoms with E-state index in [9.17, 15) is 0 Å². The third-order valence-electron chi connectivity index (χ3n) is 3.70. The first-order valence-corrected chi connectivity index (χ1v) is 8.53. The molecule has 0 aliphatic carbocycles. The van der Waals surface area contributed by atoms with Gasteiger partial charge in [0.1, 0.15) is 11.5 Å². The van der Waals surface area contributed by atoms with Gasteiger partial charge in [-0.1, -0.05) is 36.9 Å². The van der Waals surface area contributed by atoms with Gasteiger partial charge >= 0.3 is 0 Å². The average molecular weight is 334 g/mol. The summed E-state index contributed by atoms with van der Waals surface area (Å²) in [7, 11) is 1.63. The van der Waals surface area contributed by atoms with Gasteiger partial charge in [0.15, 0.2) is 0 Å². The van der Waals surface area contributed by atoms with Crippen LogP contribution in [0.1, 0.15) is 37.8 Å². The summed E-state index contributed by atoms with van der Waals surface area (Å²) >= 11 is 6.14. The van der Waals surface area contributed by atoms with Crippen molar-refractivity contribution < 1.29 is 9.47 Å². The summed E-state index contributed by atoms with van der Waals surface area (Å²) < 4.78 is 10.8. The molecule has 0 saturated carbocycles. The number of aromatic nitrogens is 1. The van der Waals surface area contributed by atoms with Gasteiger partial charge in [0.05, 0.1) is 18.7 Å². The van der Waals surface area contributed by atoms with Gasteiger partial charge < -0.3 is 9.47 Å². The van der Waals surface area contributed by atoms with Crippen LogP contribution in [0.25, 0.3) is 0 Å². The fraction of sp³-hybridized carbons (Fsp3) is 0.421. The topological polar surface area (TPSA) is 31.4 Å². The SMILES string of the molecule is COc1ccc(OCCCCCCCc2ccccn2)c(Cl)c1. The number of pyridine rings is 1. The molecule has 0 aliphatic rings. The minimum atomic E-state index is 0.597. The monoisotopic (exact) mass is 333 g/mol. The fourth-order valence-corrected chi connectivity index (χ4v) is 2.62. The molecule has 0 atom stereocenters. The Balaban J connectivity index is 1.52. The van der Waals surface area contributed by atoms with Gasteiger partial charge in [-0.3, -0.25) is 4.98 Å². The highest BCUT2D eigenvalue weighted by Crippen LogP contribution is 2.28. The molecule has 0 bridgehead atoms. The van der Waals surface area contributed by atoms with Crippen molar-refractivity contribution in [2.24, 2.45) is 0 Å². The number of hydrogen-bond donors (Lipinski definition) is 0. The summed E-state index contributed by atoms with van der Waals surface area (Å²) in [6, 6.07) is 11.6. The van der Waals surface area contributed by atoms with E-state index in [4.69, 9.17) is 21.1 Å². The summed E-state index contributed by atoms with van der Waals surface area (Å²) in [6.45, 7) is 0.701. The van der Waals surface area contributed by atoms with Crippen molar-refractivity contribution in [3.63, 3.8) is 0 Å². The lowest BCUT2D eigenvalue weighted by Gasteiger charge is -2.09. The van der Waals surface area contributed by atoms with Crippen molar-refractivity contribution in [2.75, 3.05) is 13.7 Å². The lowest BCUT2D eigenvalue weighted by molar-refractivity contribution is 0.304. The lowest BCUT2D eigenvalue weighted by Crippen LogP contribution is -1.98. The molecule has 3 nitrogen and oxygen atoms in total. The molecule has 2 rings (SSSR count). The van der Waals surface area contributed by atoms with Gasteiger partial charge in [-0.05, 0) is 43.5 Å². The highest BCUT2D eigenvalue weighted by Gasteiger charge is 2.03. The zero-order valence-electron chi connectivity index (χ0n) is 13.6. The fourth-order valence-electron chi connectivity index (χ4n) is 2.39. The first kappa shape index (κ1) is 17.6. The molecular formula is C19H24ClNO2. The Labute approximate surface area is 143 Å². The Morgan fingerprint density at radius 3 is 2.57 bits per heavy atom. The largest absolute Gasteiger partial charge is 0.497 e. The number of nitrogens with zero attached hydrogens (tertiary/aromatic N) is 1. The van der Waals surface area contributed by atoms with E-state index in [1.165, 1.54) is 31.4 Å². The van der Waals surface area contributed by atoms with Crippen molar-refractivity contribution in [1.82, 2.24) is 4.98 Å². The first-order valence-electron chi connectivity index (χ1n) is 8.16. The highest BCUT2D eigenvalue weighted by molar-refractivity contribution is 6.32. The van der Waals surface area contributed by atoms with Crippen LogP contribution in [0.2, 0.25) is 5.02 Å². The standard InChI is InChI=1S/C19H24ClNO2/c1-22-17-11-12-19(18(20)15-17)23-14-8-4-2-3-5-9-16-10-6-7-13-21-16/h6-7,10-13,15H,2-5,8-9,14H2,1H3. The normalized spacial score (nSPS) is 10.5. The highest BCUT2D eigenvalue weighted by atomic mass is 35.5. The van der Waals surface area contributed by atoms with Gasteiger partial charge in [-0.15, -0.1) is 0 Å². The molecule has 0 amide bonds. The zero-order valence-corrected chi connectivity index (χ0v) is 14.4. The van der Waals surface area contributed by atoms with E-state index in [1.54, 1.807) is 13.2 Å². The lowest BCUT2D eigenvalue weighted by atomic mass is 10.1. The minimum Gasteiger partial charge on any atom is -0.497 e. The van der Waals surface area contributed by atoms with E-state index in [1.807, 2.05) is 30.5 Å². The van der Waals surface area contributed by atoms with Crippen molar-refractivity contribution >= 4 is 11.6 Å². The number of benzene rings is 1. The number of methoxy groups -OCH3 is 1. The van der Waals surface area contributed by atoms with Gasteiger partial charge in [0, 0.05) is 18.0 Å². The van der Waals surface area contributed by atoms with E-state index < -0.39 is 0 Å². The van der Waals surface area contributed by atoms with Gasteiger partial charge in [0.2, 0.25) is 0 Å². The minimum absolute atomic E-state index is 0.597. The summed E-state index contributed by atoms with van der Waals surface area (Å²) in [5.74, 6) is 1.47. The zero-order chi connectivity index (χ0) is 16.3. The number of ether oxygens (including phenoxy) is 2. The molecule has 1 aromatic heterocycles. The molecular weight excluding hydrogens is 310 g/mol. The molecule has 1 heterocycles. The Morgan fingerprint density at radius 2 is 1.83 bits per heavy atom. The number of rotatable bonds is 10. The molecule has 0 aliphatic heterocycles. The summed E-state index contributed by atoms with van der Waals surface area (Å²) in [6.07, 6.45) is 8.81. The molecule has 1 aromatic carbocycles. The van der Waals surface area contributed by atoms with Crippen LogP contribution in [-0.4, -0.2) is 18.7 Å². The van der Waals surface area contributed by atoms with Crippen molar-refractivity contribution in [3.8, 4) is 11.5 Å². The van der Waals surface area contributed by atoms with Crippen molar-refractivity contribution in [1.29, 1.82) is 0 Å². The van der Waals surface area contributed by atoms with Gasteiger partial charge in [0.25, 0.3) is 0 Å². The third-order valence-corrected chi connectivity index (χ3v) is 4.00. The quantitative estimate of drug-likeness (QED) is 0.552. The molecule has 0 spiro atoms. The second-order valence-corrected chi connectivity index (χ2v) is 5.89. The maximum atomic E-state index is 6.14. The second-order valence-electron chi connectivity index (χ2n) is 5.48. The Morgan fingerprint density at radius 1 is 1.00 bits per heavy atom. The van der Waals surface area contributed by atoms with E-state index in [0.717, 1.165) is 24.3 Å². The van der Waals surface area contributed by atoms with Crippen LogP contribution < -0.4 is 9.47 Å². The summed E-state index contributed by atoms with van der Waals surface area (Å²) in [4.78, 5) is 4.34. The number of unbranched alkanes of at least 4 members (excludes halogenated alkanes) is 4. The summed E-state index contributed by atoms with van der Waals surface area (Å²) in [5, 5.41) is 0.597. The van der Waals surface area contributed by atoms with Crippen LogP contribution in [-0.2, 0) is 6.42 Å². The first-order chi connectivity index (χ1) is 11.3. The van der Waals surface area contributed by atoms with Crippen LogP contribution in [0.3, 0.4) is 0 Å². The number of aryl methyl sites for hydroxylation is 1. The van der Waals surface area contributed by atoms with E-state index in [-0.39, 0.29) is 0 Å². The van der Waals surface area contributed by atoms with Gasteiger partial charge in [-0.25, -0.2) is 0 Å². The molecule has 0 fully saturated rings. The maximum absolute atomic E-state index is 6.14. The Kier molecular flexibility index (Phi) is 7.74. The average Bonchev–Trinajstić information content (AvgIpc) is 2.59. The van der Waals surface area contributed by atoms with Gasteiger partial charge in [-0.2, -0.15) is 0 Å². The smallest absolute Gasteiger partial charge is 0.138 e. The van der Waals surface area contributed by atoms with Crippen LogP contribution >= 0.6 is 11.6 Å². The molecule has 0 unspecified atom stereocenters. The van der Waals surface area contributed by atoms with Crippen LogP contribution in [0.5, 0.6) is 11.5 Å². The number of halogens is 1. The van der Waals surface area contributed by atoms with E-state index in [0.29, 0.717) is 11.6 Å². The molecule has 2 aromatic rings. The molecule has 0 N–H and O–H groups in total. The Bertz CT molecular complexity index is 575. The Hall–Kier alpha value is -1.74. The third kappa shape index (κ3) is 6.49. The van der Waals surface area contributed by atoms with Crippen LogP contribution in [0.4, 0.5) is 0 Å². The maximum Gasteiger partial charge on any atom is 0.138 e. The van der Waals surface area contributed by atoms with Crippen molar-refractivity contribution in [2.45, 2.75) is 38.5 Å². The predicted molar refractivity (Wildman–Crippen MR) is 94.5 cm³/mol. The summed E-state index contributed by atoms with van der Waals surface area (Å²) in [5.41, 5.74) is 1.19. The van der Waals surface area contributed by atoms with E-state index in [2.05, 4.69) is 11.1 Å².